The Balaban J connectivity index is 1.24. The molecule has 2 saturated heterocycles. The molecule has 2 fully saturated rings. The molecule has 13 nitrogen and oxygen atoms in total. The lowest BCUT2D eigenvalue weighted by Gasteiger charge is -2.42. The van der Waals surface area contributed by atoms with Gasteiger partial charge in [0, 0.05) is 56.4 Å². The number of aromatic nitrogens is 4. The van der Waals surface area contributed by atoms with E-state index in [-0.39, 0.29) is 35.2 Å². The van der Waals surface area contributed by atoms with Crippen LogP contribution in [-0.2, 0) is 14.8 Å². The molecule has 1 atom stereocenters. The third-order valence-corrected chi connectivity index (χ3v) is 10.4. The summed E-state index contributed by atoms with van der Waals surface area (Å²) in [5.41, 5.74) is 6.52. The molecule has 49 heavy (non-hydrogen) atoms. The first-order valence-electron chi connectivity index (χ1n) is 16.0. The van der Waals surface area contributed by atoms with Crippen LogP contribution < -0.4 is 10.5 Å². The summed E-state index contributed by atoms with van der Waals surface area (Å²) in [5, 5.41) is 15.3. The number of sulfonamides is 1. The van der Waals surface area contributed by atoms with Crippen molar-refractivity contribution < 1.29 is 22.3 Å². The number of anilines is 1. The topological polar surface area (TPSA) is 164 Å². The molecule has 0 unspecified atom stereocenters. The van der Waals surface area contributed by atoms with Gasteiger partial charge in [0.2, 0.25) is 10.0 Å². The number of ether oxygens (including phenoxy) is 1. The van der Waals surface area contributed by atoms with Crippen molar-refractivity contribution >= 4 is 32.8 Å². The van der Waals surface area contributed by atoms with Gasteiger partial charge in [0.1, 0.15) is 46.8 Å². The van der Waals surface area contributed by atoms with Crippen LogP contribution in [0.2, 0.25) is 0 Å². The van der Waals surface area contributed by atoms with Crippen LogP contribution in [0.1, 0.15) is 32.7 Å². The van der Waals surface area contributed by atoms with E-state index in [1.165, 1.54) is 23.0 Å². The molecule has 1 amide bonds. The van der Waals surface area contributed by atoms with Crippen molar-refractivity contribution in [1.29, 1.82) is 5.26 Å². The van der Waals surface area contributed by atoms with Gasteiger partial charge in [0.15, 0.2) is 5.65 Å². The van der Waals surface area contributed by atoms with E-state index >= 15 is 4.39 Å². The van der Waals surface area contributed by atoms with Crippen LogP contribution in [0.15, 0.2) is 66.5 Å². The molecule has 2 N–H and O–H groups in total. The number of nitrogens with two attached hydrogens (primary N) is 1. The van der Waals surface area contributed by atoms with Crippen molar-refractivity contribution in [3.63, 3.8) is 0 Å². The monoisotopic (exact) mass is 687 g/mol. The molecule has 0 saturated carbocycles. The van der Waals surface area contributed by atoms with Crippen LogP contribution in [0.4, 0.5) is 10.2 Å². The third-order valence-electron chi connectivity index (χ3n) is 9.09. The number of benzene rings is 2. The molecule has 6 rings (SSSR count). The number of rotatable bonds is 8. The molecule has 2 aromatic carbocycles. The van der Waals surface area contributed by atoms with E-state index < -0.39 is 27.3 Å². The number of nitriles is 1. The fourth-order valence-electron chi connectivity index (χ4n) is 6.51. The van der Waals surface area contributed by atoms with Gasteiger partial charge in [-0.25, -0.2) is 27.5 Å². The number of nitrogens with zero attached hydrogens (tertiary/aromatic N) is 8. The van der Waals surface area contributed by atoms with E-state index in [0.717, 1.165) is 0 Å². The Morgan fingerprint density at radius 1 is 1.08 bits per heavy atom. The second-order valence-corrected chi connectivity index (χ2v) is 14.8. The van der Waals surface area contributed by atoms with E-state index in [9.17, 15) is 18.5 Å². The van der Waals surface area contributed by atoms with Crippen LogP contribution >= 0.6 is 0 Å². The molecule has 0 aliphatic carbocycles. The summed E-state index contributed by atoms with van der Waals surface area (Å²) >= 11 is 0. The second-order valence-electron chi connectivity index (χ2n) is 12.8. The van der Waals surface area contributed by atoms with Crippen molar-refractivity contribution in [3.05, 3.63) is 72.3 Å². The summed E-state index contributed by atoms with van der Waals surface area (Å²) in [7, 11) is -3.29. The first-order chi connectivity index (χ1) is 23.4. The van der Waals surface area contributed by atoms with Crippen LogP contribution in [0.5, 0.6) is 11.5 Å². The zero-order valence-corrected chi connectivity index (χ0v) is 28.4. The lowest BCUT2D eigenvalue weighted by Crippen LogP contribution is -2.55. The lowest BCUT2D eigenvalue weighted by molar-refractivity contribution is -0.128. The fraction of sp³-hybridized carbons (Fsp3) is 0.382. The molecular weight excluding hydrogens is 649 g/mol. The Labute approximate surface area is 284 Å². The van der Waals surface area contributed by atoms with E-state index in [1.54, 1.807) is 39.9 Å². The van der Waals surface area contributed by atoms with Gasteiger partial charge in [0.05, 0.1) is 17.7 Å². The van der Waals surface area contributed by atoms with Crippen LogP contribution in [0.3, 0.4) is 0 Å². The molecule has 15 heteroatoms. The van der Waals surface area contributed by atoms with Crippen molar-refractivity contribution in [2.75, 3.05) is 51.3 Å². The Morgan fingerprint density at radius 2 is 1.82 bits per heavy atom. The minimum Gasteiger partial charge on any atom is -0.457 e. The predicted molar refractivity (Wildman–Crippen MR) is 182 cm³/mol. The van der Waals surface area contributed by atoms with Crippen LogP contribution in [0, 0.1) is 17.1 Å². The van der Waals surface area contributed by atoms with E-state index in [2.05, 4.69) is 20.9 Å². The number of nitrogen functional groups attached to an aromatic ring is 1. The van der Waals surface area contributed by atoms with Crippen LogP contribution in [0.25, 0.3) is 22.3 Å². The highest BCUT2D eigenvalue weighted by Gasteiger charge is 2.34. The zero-order chi connectivity index (χ0) is 34.9. The first kappa shape index (κ1) is 34.0. The highest BCUT2D eigenvalue weighted by molar-refractivity contribution is 7.88. The van der Waals surface area contributed by atoms with Gasteiger partial charge in [-0.05, 0) is 57.0 Å². The van der Waals surface area contributed by atoms with Gasteiger partial charge >= 0.3 is 0 Å². The summed E-state index contributed by atoms with van der Waals surface area (Å²) in [6.07, 6.45) is 5.49. The van der Waals surface area contributed by atoms with Gasteiger partial charge < -0.3 is 15.4 Å². The highest BCUT2D eigenvalue weighted by Crippen LogP contribution is 2.36. The average molecular weight is 688 g/mol. The first-order valence-corrected chi connectivity index (χ1v) is 17.8. The lowest BCUT2D eigenvalue weighted by atomic mass is 9.97. The number of fused-ring (bicyclic) bond motifs is 1. The third kappa shape index (κ3) is 7.12. The smallest absolute Gasteiger partial charge is 0.264 e. The van der Waals surface area contributed by atoms with Gasteiger partial charge in [0.25, 0.3) is 5.91 Å². The number of halogens is 1. The average Bonchev–Trinajstić information content (AvgIpc) is 3.48. The van der Waals surface area contributed by atoms with Gasteiger partial charge in [-0.1, -0.05) is 18.2 Å². The molecule has 0 spiro atoms. The maximum absolute atomic E-state index is 15.7. The number of carbonyl (C=O) groups excluding carboxylic acids is 1. The number of likely N-dealkylation sites (tertiary alicyclic amines) is 1. The Hall–Kier alpha value is -4.91. The summed E-state index contributed by atoms with van der Waals surface area (Å²) < 4.78 is 48.5. The van der Waals surface area contributed by atoms with E-state index in [1.807, 2.05) is 32.0 Å². The Kier molecular flexibility index (Phi) is 9.39. The van der Waals surface area contributed by atoms with Crippen molar-refractivity contribution in [3.8, 4) is 28.8 Å². The second kappa shape index (κ2) is 13.5. The summed E-state index contributed by atoms with van der Waals surface area (Å²) in [5.74, 6) is 0.0772. The summed E-state index contributed by atoms with van der Waals surface area (Å²) in [4.78, 5) is 26.1. The van der Waals surface area contributed by atoms with Crippen molar-refractivity contribution in [2.45, 2.75) is 38.3 Å². The summed E-state index contributed by atoms with van der Waals surface area (Å²) in [6.45, 7) is 6.13. The molecule has 4 heterocycles. The SMILES string of the molecule is CC(C)(C=C(C#N)C(=O)N1CCC[C@H](n2nc(-c3ccc(Oc4ccccc4)cc3F)c3c(N)ncnc32)C1)N1CCN(S(C)(=O)=O)CC1. The number of amides is 1. The predicted octanol–water partition coefficient (Wildman–Crippen LogP) is 3.98. The Bertz CT molecular complexity index is 2050. The number of para-hydroxylation sites is 1. The van der Waals surface area contributed by atoms with Crippen molar-refractivity contribution in [1.82, 2.24) is 33.9 Å². The number of piperazine rings is 1. The van der Waals surface area contributed by atoms with Crippen molar-refractivity contribution in [2.24, 2.45) is 0 Å². The number of piperidine rings is 1. The Morgan fingerprint density at radius 3 is 2.49 bits per heavy atom. The standard InChI is InChI=1S/C34H38FN9O4S/c1-34(2,42-14-16-43(17-15-42)49(3,46)47)19-23(20-36)33(45)41-13-7-8-24(21-41)44-32-29(31(37)38-22-39-32)30(40-44)27-12-11-26(18-28(27)35)48-25-9-5-4-6-10-25/h4-6,9-12,18-19,22,24H,7-8,13-17,21H2,1-3H3,(H2,37,38,39)/t24-/m0/s1. The van der Waals surface area contributed by atoms with E-state index in [4.69, 9.17) is 15.6 Å². The van der Waals surface area contributed by atoms with Crippen LogP contribution in [-0.4, -0.2) is 99.2 Å². The molecule has 0 bridgehead atoms. The molecule has 0 radical (unpaired) electrons. The zero-order valence-electron chi connectivity index (χ0n) is 27.6. The summed E-state index contributed by atoms with van der Waals surface area (Å²) in [6, 6.07) is 15.4. The largest absolute Gasteiger partial charge is 0.457 e. The number of carbonyl (C=O) groups is 1. The van der Waals surface area contributed by atoms with Gasteiger partial charge in [-0.2, -0.15) is 14.7 Å². The highest BCUT2D eigenvalue weighted by atomic mass is 32.2. The number of hydrogen-bond acceptors (Lipinski definition) is 10. The molecule has 4 aromatic rings. The molecule has 2 aliphatic rings. The molecule has 2 aromatic heterocycles. The molecule has 256 valence electrons. The van der Waals surface area contributed by atoms with Gasteiger partial charge in [-0.3, -0.25) is 9.69 Å². The fourth-order valence-corrected chi connectivity index (χ4v) is 7.33. The minimum atomic E-state index is -3.29. The maximum Gasteiger partial charge on any atom is 0.264 e. The quantitative estimate of drug-likeness (QED) is 0.212. The number of hydrogen-bond donors (Lipinski definition) is 1. The van der Waals surface area contributed by atoms with Gasteiger partial charge in [-0.15, -0.1) is 0 Å². The van der Waals surface area contributed by atoms with E-state index in [0.29, 0.717) is 68.1 Å². The normalized spacial score (nSPS) is 18.4. The molecule has 2 aliphatic heterocycles. The maximum atomic E-state index is 15.7. The minimum absolute atomic E-state index is 0.00802. The molecular formula is C34H38FN9O4S.